The zero-order chi connectivity index (χ0) is 13.0. The minimum absolute atomic E-state index is 0.394. The van der Waals surface area contributed by atoms with Gasteiger partial charge >= 0.3 is 0 Å². The van der Waals surface area contributed by atoms with Crippen LogP contribution in [0.3, 0.4) is 0 Å². The molecule has 5 heteroatoms. The van der Waals surface area contributed by atoms with Crippen molar-refractivity contribution in [1.82, 2.24) is 4.98 Å². The number of benzene rings is 1. The molecule has 1 heterocycles. The Labute approximate surface area is 111 Å². The number of rotatable bonds is 4. The average Bonchev–Trinajstić information content (AvgIpc) is 2.41. The largest absolute Gasteiger partial charge is 0.481 e. The third-order valence-corrected chi connectivity index (χ3v) is 2.75. The predicted octanol–water partition coefficient (Wildman–Crippen LogP) is 2.81. The molecule has 0 spiro atoms. The Kier molecular flexibility index (Phi) is 4.02. The Morgan fingerprint density at radius 2 is 2.00 bits per heavy atom. The SMILES string of the molecule is COc1ncccc1C(N)Nc1ccc(Cl)cc1. The second kappa shape index (κ2) is 5.71. The van der Waals surface area contributed by atoms with Crippen molar-refractivity contribution in [3.8, 4) is 5.88 Å². The molecule has 1 atom stereocenters. The second-order valence-electron chi connectivity index (χ2n) is 3.73. The van der Waals surface area contributed by atoms with Crippen molar-refractivity contribution in [2.75, 3.05) is 12.4 Å². The standard InChI is InChI=1S/C13H14ClN3O/c1-18-13-11(3-2-8-16-13)12(15)17-10-6-4-9(14)5-7-10/h2-8,12,17H,15H2,1H3. The molecule has 0 radical (unpaired) electrons. The van der Waals surface area contributed by atoms with Crippen LogP contribution < -0.4 is 15.8 Å². The number of anilines is 1. The van der Waals surface area contributed by atoms with E-state index in [0.717, 1.165) is 11.3 Å². The molecule has 0 saturated carbocycles. The number of ether oxygens (including phenoxy) is 1. The molecule has 2 aromatic rings. The van der Waals surface area contributed by atoms with Crippen molar-refractivity contribution in [3.05, 3.63) is 53.2 Å². The molecular formula is C13H14ClN3O. The molecule has 1 aromatic carbocycles. The van der Waals surface area contributed by atoms with E-state index in [1.807, 2.05) is 24.3 Å². The molecule has 0 saturated heterocycles. The fraction of sp³-hybridized carbons (Fsp3) is 0.154. The van der Waals surface area contributed by atoms with E-state index in [0.29, 0.717) is 10.9 Å². The van der Waals surface area contributed by atoms with Gasteiger partial charge in [-0.25, -0.2) is 4.98 Å². The van der Waals surface area contributed by atoms with Gasteiger partial charge in [-0.1, -0.05) is 11.6 Å². The van der Waals surface area contributed by atoms with Crippen LogP contribution in [0.25, 0.3) is 0 Å². The highest BCUT2D eigenvalue weighted by Crippen LogP contribution is 2.23. The lowest BCUT2D eigenvalue weighted by molar-refractivity contribution is 0.390. The molecule has 0 bridgehead atoms. The monoisotopic (exact) mass is 263 g/mol. The number of methoxy groups -OCH3 is 1. The summed E-state index contributed by atoms with van der Waals surface area (Å²) in [6.45, 7) is 0. The number of nitrogens with one attached hydrogen (secondary N) is 1. The van der Waals surface area contributed by atoms with Gasteiger partial charge in [-0.05, 0) is 36.4 Å². The fourth-order valence-corrected chi connectivity index (χ4v) is 1.74. The van der Waals surface area contributed by atoms with Crippen LogP contribution in [0.1, 0.15) is 11.7 Å². The minimum Gasteiger partial charge on any atom is -0.481 e. The van der Waals surface area contributed by atoms with Crippen LogP contribution >= 0.6 is 11.6 Å². The number of nitrogens with zero attached hydrogens (tertiary/aromatic N) is 1. The summed E-state index contributed by atoms with van der Waals surface area (Å²) < 4.78 is 5.17. The van der Waals surface area contributed by atoms with E-state index in [1.54, 1.807) is 25.4 Å². The lowest BCUT2D eigenvalue weighted by Crippen LogP contribution is -2.21. The maximum absolute atomic E-state index is 6.08. The molecular weight excluding hydrogens is 250 g/mol. The highest BCUT2D eigenvalue weighted by Gasteiger charge is 2.11. The average molecular weight is 264 g/mol. The van der Waals surface area contributed by atoms with Crippen LogP contribution in [-0.4, -0.2) is 12.1 Å². The Bertz CT molecular complexity index is 516. The molecule has 1 aromatic heterocycles. The normalized spacial score (nSPS) is 11.9. The minimum atomic E-state index is -0.394. The van der Waals surface area contributed by atoms with Crippen molar-refractivity contribution in [2.24, 2.45) is 5.73 Å². The lowest BCUT2D eigenvalue weighted by atomic mass is 10.2. The molecule has 0 aliphatic carbocycles. The number of hydrogen-bond donors (Lipinski definition) is 2. The van der Waals surface area contributed by atoms with Crippen LogP contribution in [0, 0.1) is 0 Å². The van der Waals surface area contributed by atoms with Crippen LogP contribution in [0.2, 0.25) is 5.02 Å². The summed E-state index contributed by atoms with van der Waals surface area (Å²) in [5.41, 5.74) is 7.77. The van der Waals surface area contributed by atoms with Crippen LogP contribution in [0.5, 0.6) is 5.88 Å². The van der Waals surface area contributed by atoms with E-state index >= 15 is 0 Å². The van der Waals surface area contributed by atoms with E-state index in [1.165, 1.54) is 0 Å². The summed E-state index contributed by atoms with van der Waals surface area (Å²) in [6, 6.07) is 11.0. The van der Waals surface area contributed by atoms with Crippen molar-refractivity contribution in [1.29, 1.82) is 0 Å². The zero-order valence-electron chi connectivity index (χ0n) is 9.93. The number of hydrogen-bond acceptors (Lipinski definition) is 4. The van der Waals surface area contributed by atoms with Crippen molar-refractivity contribution in [2.45, 2.75) is 6.17 Å². The summed E-state index contributed by atoms with van der Waals surface area (Å²) in [7, 11) is 1.57. The highest BCUT2D eigenvalue weighted by molar-refractivity contribution is 6.30. The number of halogens is 1. The quantitative estimate of drug-likeness (QED) is 0.833. The Morgan fingerprint density at radius 1 is 1.28 bits per heavy atom. The molecule has 3 N–H and O–H groups in total. The molecule has 94 valence electrons. The molecule has 18 heavy (non-hydrogen) atoms. The summed E-state index contributed by atoms with van der Waals surface area (Å²) in [6.07, 6.45) is 1.27. The van der Waals surface area contributed by atoms with Gasteiger partial charge in [0.1, 0.15) is 6.17 Å². The maximum Gasteiger partial charge on any atom is 0.219 e. The van der Waals surface area contributed by atoms with E-state index in [4.69, 9.17) is 22.1 Å². The van der Waals surface area contributed by atoms with Gasteiger partial charge in [-0.2, -0.15) is 0 Å². The molecule has 0 aliphatic heterocycles. The van der Waals surface area contributed by atoms with Crippen molar-refractivity contribution in [3.63, 3.8) is 0 Å². The van der Waals surface area contributed by atoms with E-state index < -0.39 is 6.17 Å². The number of aromatic nitrogens is 1. The molecule has 4 nitrogen and oxygen atoms in total. The van der Waals surface area contributed by atoms with Gasteiger partial charge in [0, 0.05) is 16.9 Å². The zero-order valence-corrected chi connectivity index (χ0v) is 10.7. The first-order valence-electron chi connectivity index (χ1n) is 5.47. The first kappa shape index (κ1) is 12.7. The van der Waals surface area contributed by atoms with E-state index in [9.17, 15) is 0 Å². The Morgan fingerprint density at radius 3 is 2.67 bits per heavy atom. The third-order valence-electron chi connectivity index (χ3n) is 2.50. The lowest BCUT2D eigenvalue weighted by Gasteiger charge is -2.17. The van der Waals surface area contributed by atoms with Gasteiger partial charge in [0.2, 0.25) is 5.88 Å². The van der Waals surface area contributed by atoms with Crippen molar-refractivity contribution < 1.29 is 4.74 Å². The predicted molar refractivity (Wildman–Crippen MR) is 72.8 cm³/mol. The summed E-state index contributed by atoms with van der Waals surface area (Å²) in [5.74, 6) is 0.520. The molecule has 2 rings (SSSR count). The Hall–Kier alpha value is -1.78. The van der Waals surface area contributed by atoms with Gasteiger partial charge in [-0.3, -0.25) is 0 Å². The van der Waals surface area contributed by atoms with E-state index in [-0.39, 0.29) is 0 Å². The maximum atomic E-state index is 6.08. The van der Waals surface area contributed by atoms with Crippen LogP contribution in [0.4, 0.5) is 5.69 Å². The summed E-state index contributed by atoms with van der Waals surface area (Å²) in [4.78, 5) is 4.11. The molecule has 0 aliphatic rings. The number of pyridine rings is 1. The molecule has 0 fully saturated rings. The first-order chi connectivity index (χ1) is 8.70. The number of nitrogens with two attached hydrogens (primary N) is 1. The summed E-state index contributed by atoms with van der Waals surface area (Å²) >= 11 is 5.82. The van der Waals surface area contributed by atoms with E-state index in [2.05, 4.69) is 10.3 Å². The first-order valence-corrected chi connectivity index (χ1v) is 5.85. The van der Waals surface area contributed by atoms with Crippen LogP contribution in [0.15, 0.2) is 42.6 Å². The van der Waals surface area contributed by atoms with Gasteiger partial charge in [-0.15, -0.1) is 0 Å². The topological polar surface area (TPSA) is 60.2 Å². The third kappa shape index (κ3) is 2.91. The fourth-order valence-electron chi connectivity index (χ4n) is 1.61. The van der Waals surface area contributed by atoms with Gasteiger partial charge < -0.3 is 15.8 Å². The van der Waals surface area contributed by atoms with Gasteiger partial charge in [0.05, 0.1) is 12.7 Å². The van der Waals surface area contributed by atoms with Crippen LogP contribution in [-0.2, 0) is 0 Å². The molecule has 0 amide bonds. The van der Waals surface area contributed by atoms with Gasteiger partial charge in [0.15, 0.2) is 0 Å². The Balaban J connectivity index is 2.16. The molecule has 1 unspecified atom stereocenters. The van der Waals surface area contributed by atoms with Gasteiger partial charge in [0.25, 0.3) is 0 Å². The van der Waals surface area contributed by atoms with Crippen molar-refractivity contribution >= 4 is 17.3 Å². The smallest absolute Gasteiger partial charge is 0.219 e. The second-order valence-corrected chi connectivity index (χ2v) is 4.17. The highest BCUT2D eigenvalue weighted by atomic mass is 35.5. The summed E-state index contributed by atoms with van der Waals surface area (Å²) in [5, 5.41) is 3.85.